The van der Waals surface area contributed by atoms with Crippen molar-refractivity contribution >= 4 is 22.7 Å². The van der Waals surface area contributed by atoms with Gasteiger partial charge in [-0.3, -0.25) is 9.59 Å². The summed E-state index contributed by atoms with van der Waals surface area (Å²) in [6.07, 6.45) is -0.580. The number of carbonyl (C=O) groups is 2. The lowest BCUT2D eigenvalue weighted by atomic mass is 10.2. The van der Waals surface area contributed by atoms with Crippen LogP contribution in [-0.2, 0) is 4.79 Å². The molecular formula is C13H12O5. The fraction of sp³-hybridized carbons (Fsp3) is 0.231. The van der Waals surface area contributed by atoms with Gasteiger partial charge in [-0.25, -0.2) is 0 Å². The molecular weight excluding hydrogens is 236 g/mol. The lowest BCUT2D eigenvalue weighted by Crippen LogP contribution is -2.05. The van der Waals surface area contributed by atoms with E-state index in [9.17, 15) is 9.59 Å². The summed E-state index contributed by atoms with van der Waals surface area (Å²) in [7, 11) is 0. The van der Waals surface area contributed by atoms with E-state index in [1.807, 2.05) is 6.92 Å². The maximum atomic E-state index is 11.6. The molecule has 18 heavy (non-hydrogen) atoms. The number of rotatable bonds is 5. The Morgan fingerprint density at radius 1 is 1.39 bits per heavy atom. The zero-order chi connectivity index (χ0) is 13.1. The number of fused-ring (bicyclic) bond motifs is 1. The van der Waals surface area contributed by atoms with Gasteiger partial charge < -0.3 is 14.3 Å². The van der Waals surface area contributed by atoms with Gasteiger partial charge in [-0.1, -0.05) is 12.1 Å². The van der Waals surface area contributed by atoms with Gasteiger partial charge in [-0.15, -0.1) is 0 Å². The Bertz CT molecular complexity index is 596. The third kappa shape index (κ3) is 2.34. The minimum atomic E-state index is -1.18. The molecule has 0 bridgehead atoms. The van der Waals surface area contributed by atoms with Crippen molar-refractivity contribution < 1.29 is 23.8 Å². The van der Waals surface area contributed by atoms with Crippen LogP contribution in [0.15, 0.2) is 28.7 Å². The molecule has 0 saturated heterocycles. The Kier molecular flexibility index (Phi) is 3.32. The first-order valence-electron chi connectivity index (χ1n) is 5.52. The van der Waals surface area contributed by atoms with Crippen LogP contribution in [0.1, 0.15) is 23.9 Å². The van der Waals surface area contributed by atoms with Crippen LogP contribution < -0.4 is 4.74 Å². The first kappa shape index (κ1) is 12.2. The van der Waals surface area contributed by atoms with Crippen LogP contribution >= 0.6 is 0 Å². The van der Waals surface area contributed by atoms with Gasteiger partial charge in [-0.05, 0) is 19.1 Å². The Hall–Kier alpha value is -2.30. The van der Waals surface area contributed by atoms with E-state index in [1.54, 1.807) is 18.2 Å². The molecule has 0 aliphatic carbocycles. The van der Waals surface area contributed by atoms with Gasteiger partial charge >= 0.3 is 5.97 Å². The molecule has 0 fully saturated rings. The van der Waals surface area contributed by atoms with Crippen molar-refractivity contribution in [1.82, 2.24) is 0 Å². The van der Waals surface area contributed by atoms with Gasteiger partial charge in [0.1, 0.15) is 6.42 Å². The van der Waals surface area contributed by atoms with E-state index >= 15 is 0 Å². The highest BCUT2D eigenvalue weighted by Gasteiger charge is 2.17. The molecule has 0 aliphatic heterocycles. The molecule has 1 heterocycles. The summed E-state index contributed by atoms with van der Waals surface area (Å²) in [6.45, 7) is 2.33. The Balaban J connectivity index is 2.40. The van der Waals surface area contributed by atoms with E-state index in [4.69, 9.17) is 14.3 Å². The summed E-state index contributed by atoms with van der Waals surface area (Å²) in [5, 5.41) is 9.29. The molecule has 2 rings (SSSR count). The number of carboxylic acids is 1. The fourth-order valence-corrected chi connectivity index (χ4v) is 1.67. The second-order valence-electron chi connectivity index (χ2n) is 3.71. The van der Waals surface area contributed by atoms with Crippen molar-refractivity contribution in [3.8, 4) is 5.75 Å². The summed E-state index contributed by atoms with van der Waals surface area (Å²) in [5.41, 5.74) is 0.466. The first-order chi connectivity index (χ1) is 8.61. The van der Waals surface area contributed by atoms with E-state index in [0.717, 1.165) is 5.39 Å². The summed E-state index contributed by atoms with van der Waals surface area (Å²) in [4.78, 5) is 22.1. The number of hydrogen-bond donors (Lipinski definition) is 1. The molecule has 1 N–H and O–H groups in total. The molecule has 94 valence electrons. The van der Waals surface area contributed by atoms with Gasteiger partial charge in [-0.2, -0.15) is 0 Å². The summed E-state index contributed by atoms with van der Waals surface area (Å²) >= 11 is 0. The summed E-state index contributed by atoms with van der Waals surface area (Å²) in [6, 6.07) is 6.83. The molecule has 0 aliphatic rings. The van der Waals surface area contributed by atoms with E-state index in [2.05, 4.69) is 0 Å². The standard InChI is InChI=1S/C13H12O5/c1-2-17-10-5-3-4-8-6-11(18-13(8)10)9(14)7-12(15)16/h3-6H,2,7H2,1H3,(H,15,16). The van der Waals surface area contributed by atoms with Gasteiger partial charge in [0.2, 0.25) is 5.78 Å². The number of aliphatic carboxylic acids is 1. The fourth-order valence-electron chi connectivity index (χ4n) is 1.67. The first-order valence-corrected chi connectivity index (χ1v) is 5.52. The maximum Gasteiger partial charge on any atom is 0.311 e. The number of ether oxygens (including phenoxy) is 1. The second-order valence-corrected chi connectivity index (χ2v) is 3.71. The van der Waals surface area contributed by atoms with Crippen LogP contribution in [0.3, 0.4) is 0 Å². The average Bonchev–Trinajstić information content (AvgIpc) is 2.73. The highest BCUT2D eigenvalue weighted by atomic mass is 16.5. The molecule has 5 nitrogen and oxygen atoms in total. The Labute approximate surface area is 103 Å². The van der Waals surface area contributed by atoms with Crippen molar-refractivity contribution in [2.45, 2.75) is 13.3 Å². The van der Waals surface area contributed by atoms with Crippen molar-refractivity contribution in [3.05, 3.63) is 30.0 Å². The van der Waals surface area contributed by atoms with E-state index in [1.165, 1.54) is 6.07 Å². The van der Waals surface area contributed by atoms with Crippen LogP contribution in [0, 0.1) is 0 Å². The number of carboxylic acid groups (broad SMARTS) is 1. The van der Waals surface area contributed by atoms with Gasteiger partial charge in [0, 0.05) is 5.39 Å². The third-order valence-electron chi connectivity index (χ3n) is 2.39. The number of hydrogen-bond acceptors (Lipinski definition) is 4. The smallest absolute Gasteiger partial charge is 0.311 e. The van der Waals surface area contributed by atoms with Gasteiger partial charge in [0.15, 0.2) is 17.1 Å². The van der Waals surface area contributed by atoms with E-state index in [0.29, 0.717) is 17.9 Å². The van der Waals surface area contributed by atoms with E-state index < -0.39 is 18.2 Å². The van der Waals surface area contributed by atoms with Crippen LogP contribution in [0.2, 0.25) is 0 Å². The van der Waals surface area contributed by atoms with E-state index in [-0.39, 0.29) is 5.76 Å². The molecule has 2 aromatic rings. The number of Topliss-reactive ketones (excluding diaryl/α,β-unsaturated/α-hetero) is 1. The minimum Gasteiger partial charge on any atom is -0.490 e. The maximum absolute atomic E-state index is 11.6. The summed E-state index contributed by atoms with van der Waals surface area (Å²) in [5.74, 6) is -1.14. The zero-order valence-corrected chi connectivity index (χ0v) is 9.80. The van der Waals surface area contributed by atoms with Crippen molar-refractivity contribution in [2.75, 3.05) is 6.61 Å². The van der Waals surface area contributed by atoms with Gasteiger partial charge in [0.25, 0.3) is 0 Å². The molecule has 0 atom stereocenters. The number of ketones is 1. The van der Waals surface area contributed by atoms with Gasteiger partial charge in [0.05, 0.1) is 6.61 Å². The summed E-state index contributed by atoms with van der Waals surface area (Å²) < 4.78 is 10.7. The quantitative estimate of drug-likeness (QED) is 0.649. The van der Waals surface area contributed by atoms with Crippen molar-refractivity contribution in [3.63, 3.8) is 0 Å². The highest BCUT2D eigenvalue weighted by molar-refractivity contribution is 6.06. The predicted octanol–water partition coefficient (Wildman–Crippen LogP) is 2.49. The average molecular weight is 248 g/mol. The van der Waals surface area contributed by atoms with Crippen molar-refractivity contribution in [2.24, 2.45) is 0 Å². The van der Waals surface area contributed by atoms with Crippen LogP contribution in [0.25, 0.3) is 11.0 Å². The normalized spacial score (nSPS) is 10.5. The minimum absolute atomic E-state index is 0.0413. The molecule has 1 aromatic carbocycles. The third-order valence-corrected chi connectivity index (χ3v) is 2.39. The lowest BCUT2D eigenvalue weighted by molar-refractivity contribution is -0.135. The Morgan fingerprint density at radius 3 is 2.83 bits per heavy atom. The highest BCUT2D eigenvalue weighted by Crippen LogP contribution is 2.29. The van der Waals surface area contributed by atoms with Crippen LogP contribution in [0.4, 0.5) is 0 Å². The van der Waals surface area contributed by atoms with Crippen LogP contribution in [0.5, 0.6) is 5.75 Å². The topological polar surface area (TPSA) is 76.7 Å². The SMILES string of the molecule is CCOc1cccc2cc(C(=O)CC(=O)O)oc12. The largest absolute Gasteiger partial charge is 0.490 e. The molecule has 0 saturated carbocycles. The molecule has 0 amide bonds. The molecule has 1 aromatic heterocycles. The van der Waals surface area contributed by atoms with Crippen molar-refractivity contribution in [1.29, 1.82) is 0 Å². The number of para-hydroxylation sites is 1. The van der Waals surface area contributed by atoms with Crippen LogP contribution in [-0.4, -0.2) is 23.5 Å². The molecule has 0 radical (unpaired) electrons. The molecule has 5 heteroatoms. The number of carbonyl (C=O) groups excluding carboxylic acids is 1. The number of benzene rings is 1. The second kappa shape index (κ2) is 4.91. The zero-order valence-electron chi connectivity index (χ0n) is 9.80. The number of furan rings is 1. The lowest BCUT2D eigenvalue weighted by Gasteiger charge is -2.02. The monoisotopic (exact) mass is 248 g/mol. The molecule has 0 spiro atoms. The molecule has 0 unspecified atom stereocenters. The predicted molar refractivity (Wildman–Crippen MR) is 64.0 cm³/mol. The Morgan fingerprint density at radius 2 is 2.17 bits per heavy atom.